The van der Waals surface area contributed by atoms with Gasteiger partial charge in [-0.2, -0.15) is 0 Å². The summed E-state index contributed by atoms with van der Waals surface area (Å²) in [4.78, 5) is 2.35. The van der Waals surface area contributed by atoms with Crippen molar-refractivity contribution in [3.63, 3.8) is 0 Å². The van der Waals surface area contributed by atoms with Crippen molar-refractivity contribution < 1.29 is 4.74 Å². The normalized spacial score (nSPS) is 18.2. The van der Waals surface area contributed by atoms with Crippen LogP contribution in [0, 0.1) is 0 Å². The van der Waals surface area contributed by atoms with Crippen molar-refractivity contribution >= 4 is 27.3 Å². The molecule has 20 heavy (non-hydrogen) atoms. The van der Waals surface area contributed by atoms with Gasteiger partial charge in [0.05, 0.1) is 6.54 Å². The number of ether oxygens (including phenoxy) is 1. The summed E-state index contributed by atoms with van der Waals surface area (Å²) < 4.78 is 7.11. The van der Waals surface area contributed by atoms with Gasteiger partial charge in [-0.3, -0.25) is 0 Å². The summed E-state index contributed by atoms with van der Waals surface area (Å²) >= 11 is 3.46. The molecule has 2 N–H and O–H groups in total. The Morgan fingerprint density at radius 3 is 2.70 bits per heavy atom. The first-order valence-electron chi connectivity index (χ1n) is 6.73. The van der Waals surface area contributed by atoms with Gasteiger partial charge in [0, 0.05) is 34.9 Å². The Morgan fingerprint density at radius 1 is 1.15 bits per heavy atom. The maximum atomic E-state index is 6.00. The van der Waals surface area contributed by atoms with Crippen LogP contribution in [-0.2, 0) is 0 Å². The molecule has 4 heteroatoms. The third-order valence-electron chi connectivity index (χ3n) is 3.50. The van der Waals surface area contributed by atoms with Crippen molar-refractivity contribution in [3.05, 3.63) is 53.0 Å². The van der Waals surface area contributed by atoms with E-state index in [1.165, 1.54) is 5.69 Å². The van der Waals surface area contributed by atoms with Gasteiger partial charge in [-0.25, -0.2) is 0 Å². The molecule has 1 aliphatic rings. The molecule has 2 aromatic rings. The Bertz CT molecular complexity index is 585. The van der Waals surface area contributed by atoms with Crippen LogP contribution in [0.4, 0.5) is 11.4 Å². The van der Waals surface area contributed by atoms with Crippen LogP contribution in [0.25, 0.3) is 0 Å². The van der Waals surface area contributed by atoms with Crippen LogP contribution in [-0.4, -0.2) is 19.2 Å². The molecule has 0 spiro atoms. The van der Waals surface area contributed by atoms with Crippen molar-refractivity contribution in [1.82, 2.24) is 0 Å². The van der Waals surface area contributed by atoms with E-state index in [-0.39, 0.29) is 6.10 Å². The smallest absolute Gasteiger partial charge is 0.121 e. The SMILES string of the molecule is Nc1cccc(OC2CCN(c3ccc(Br)cc3)C2)c1. The molecule has 0 saturated carbocycles. The maximum Gasteiger partial charge on any atom is 0.121 e. The molecule has 3 nitrogen and oxygen atoms in total. The molecule has 0 amide bonds. The molecule has 1 aliphatic heterocycles. The maximum absolute atomic E-state index is 6.00. The highest BCUT2D eigenvalue weighted by Gasteiger charge is 2.24. The summed E-state index contributed by atoms with van der Waals surface area (Å²) in [5.41, 5.74) is 7.75. The molecule has 1 saturated heterocycles. The minimum absolute atomic E-state index is 0.223. The number of hydrogen-bond donors (Lipinski definition) is 1. The van der Waals surface area contributed by atoms with Crippen LogP contribution in [0.15, 0.2) is 53.0 Å². The van der Waals surface area contributed by atoms with Crippen LogP contribution in [0.2, 0.25) is 0 Å². The zero-order chi connectivity index (χ0) is 13.9. The third kappa shape index (κ3) is 3.07. The molecule has 0 bridgehead atoms. The van der Waals surface area contributed by atoms with E-state index in [0.29, 0.717) is 0 Å². The van der Waals surface area contributed by atoms with Crippen molar-refractivity contribution in [2.75, 3.05) is 23.7 Å². The van der Waals surface area contributed by atoms with Gasteiger partial charge in [-0.05, 0) is 36.4 Å². The number of benzene rings is 2. The quantitative estimate of drug-likeness (QED) is 0.871. The molecule has 1 fully saturated rings. The Labute approximate surface area is 127 Å². The van der Waals surface area contributed by atoms with E-state index in [1.807, 2.05) is 24.3 Å². The first-order chi connectivity index (χ1) is 9.70. The molecule has 0 aromatic heterocycles. The fourth-order valence-corrected chi connectivity index (χ4v) is 2.76. The fraction of sp³-hybridized carbons (Fsp3) is 0.250. The van der Waals surface area contributed by atoms with Gasteiger partial charge >= 0.3 is 0 Å². The zero-order valence-electron chi connectivity index (χ0n) is 11.1. The van der Waals surface area contributed by atoms with Gasteiger partial charge in [0.25, 0.3) is 0 Å². The lowest BCUT2D eigenvalue weighted by atomic mass is 10.3. The monoisotopic (exact) mass is 332 g/mol. The highest BCUT2D eigenvalue weighted by Crippen LogP contribution is 2.25. The van der Waals surface area contributed by atoms with E-state index < -0.39 is 0 Å². The van der Waals surface area contributed by atoms with Crippen molar-refractivity contribution in [1.29, 1.82) is 0 Å². The second-order valence-corrected chi connectivity index (χ2v) is 5.94. The lowest BCUT2D eigenvalue weighted by Crippen LogP contribution is -2.24. The number of rotatable bonds is 3. The fourth-order valence-electron chi connectivity index (χ4n) is 2.49. The van der Waals surface area contributed by atoms with Gasteiger partial charge < -0.3 is 15.4 Å². The summed E-state index contributed by atoms with van der Waals surface area (Å²) in [6.45, 7) is 1.94. The van der Waals surface area contributed by atoms with E-state index in [2.05, 4.69) is 45.1 Å². The molecule has 104 valence electrons. The van der Waals surface area contributed by atoms with Crippen molar-refractivity contribution in [2.24, 2.45) is 0 Å². The van der Waals surface area contributed by atoms with Gasteiger partial charge in [-0.15, -0.1) is 0 Å². The highest BCUT2D eigenvalue weighted by atomic mass is 79.9. The second-order valence-electron chi connectivity index (χ2n) is 5.02. The van der Waals surface area contributed by atoms with Crippen molar-refractivity contribution in [2.45, 2.75) is 12.5 Å². The number of hydrogen-bond acceptors (Lipinski definition) is 3. The largest absolute Gasteiger partial charge is 0.488 e. The lowest BCUT2D eigenvalue weighted by Gasteiger charge is -2.19. The van der Waals surface area contributed by atoms with Crippen LogP contribution < -0.4 is 15.4 Å². The van der Waals surface area contributed by atoms with Gasteiger partial charge in [-0.1, -0.05) is 22.0 Å². The molecule has 1 unspecified atom stereocenters. The van der Waals surface area contributed by atoms with Gasteiger partial charge in [0.15, 0.2) is 0 Å². The van der Waals surface area contributed by atoms with E-state index >= 15 is 0 Å². The molecule has 3 rings (SSSR count). The van der Waals surface area contributed by atoms with E-state index in [0.717, 1.165) is 35.4 Å². The van der Waals surface area contributed by atoms with Crippen LogP contribution in [0.3, 0.4) is 0 Å². The third-order valence-corrected chi connectivity index (χ3v) is 4.03. The predicted molar refractivity (Wildman–Crippen MR) is 86.2 cm³/mol. The van der Waals surface area contributed by atoms with Gasteiger partial charge in [0.1, 0.15) is 11.9 Å². The van der Waals surface area contributed by atoms with E-state index in [1.54, 1.807) is 0 Å². The topological polar surface area (TPSA) is 38.5 Å². The Morgan fingerprint density at radius 2 is 1.95 bits per heavy atom. The number of halogens is 1. The molecule has 0 radical (unpaired) electrons. The summed E-state index contributed by atoms with van der Waals surface area (Å²) in [6.07, 6.45) is 1.26. The number of nitrogen functional groups attached to an aromatic ring is 1. The molecule has 1 heterocycles. The molecular weight excluding hydrogens is 316 g/mol. The van der Waals surface area contributed by atoms with Crippen LogP contribution >= 0.6 is 15.9 Å². The summed E-state index contributed by atoms with van der Waals surface area (Å²) in [7, 11) is 0. The number of nitrogens with zero attached hydrogens (tertiary/aromatic N) is 1. The van der Waals surface area contributed by atoms with Gasteiger partial charge in [0.2, 0.25) is 0 Å². The van der Waals surface area contributed by atoms with Crippen LogP contribution in [0.5, 0.6) is 5.75 Å². The first kappa shape index (κ1) is 13.3. The molecule has 2 aromatic carbocycles. The minimum Gasteiger partial charge on any atom is -0.488 e. The predicted octanol–water partition coefficient (Wildman–Crippen LogP) is 3.69. The Hall–Kier alpha value is -1.68. The van der Waals surface area contributed by atoms with E-state index in [4.69, 9.17) is 10.5 Å². The average molecular weight is 333 g/mol. The molecule has 0 aliphatic carbocycles. The molecule has 1 atom stereocenters. The zero-order valence-corrected chi connectivity index (χ0v) is 12.7. The second kappa shape index (κ2) is 5.75. The first-order valence-corrected chi connectivity index (χ1v) is 7.53. The lowest BCUT2D eigenvalue weighted by molar-refractivity contribution is 0.225. The summed E-state index contributed by atoms with van der Waals surface area (Å²) in [6, 6.07) is 16.0. The van der Waals surface area contributed by atoms with Crippen LogP contribution in [0.1, 0.15) is 6.42 Å². The van der Waals surface area contributed by atoms with Crippen molar-refractivity contribution in [3.8, 4) is 5.75 Å². The average Bonchev–Trinajstić information content (AvgIpc) is 2.88. The summed E-state index contributed by atoms with van der Waals surface area (Å²) in [5, 5.41) is 0. The number of anilines is 2. The number of nitrogens with two attached hydrogens (primary N) is 1. The highest BCUT2D eigenvalue weighted by molar-refractivity contribution is 9.10. The summed E-state index contributed by atoms with van der Waals surface area (Å²) in [5.74, 6) is 0.854. The minimum atomic E-state index is 0.223. The molecular formula is C16H17BrN2O. The Kier molecular flexibility index (Phi) is 3.83. The van der Waals surface area contributed by atoms with E-state index in [9.17, 15) is 0 Å². The Balaban J connectivity index is 1.63. The standard InChI is InChI=1S/C16H17BrN2O/c17-12-4-6-14(7-5-12)19-9-8-16(11-19)20-15-3-1-2-13(18)10-15/h1-7,10,16H,8-9,11,18H2.